The second-order valence-electron chi connectivity index (χ2n) is 5.22. The summed E-state index contributed by atoms with van der Waals surface area (Å²) in [5.74, 6) is 0. The highest BCUT2D eigenvalue weighted by atomic mass is 32.2. The molecule has 6 heteroatoms. The molecule has 0 saturated heterocycles. The summed E-state index contributed by atoms with van der Waals surface area (Å²) in [4.78, 5) is 0.242. The summed E-state index contributed by atoms with van der Waals surface area (Å²) in [7, 11) is -3.50. The Morgan fingerprint density at radius 1 is 1.14 bits per heavy atom. The van der Waals surface area contributed by atoms with Crippen LogP contribution in [0.15, 0.2) is 29.2 Å². The van der Waals surface area contributed by atoms with Gasteiger partial charge in [0, 0.05) is 18.5 Å². The maximum absolute atomic E-state index is 12.2. The van der Waals surface area contributed by atoms with E-state index < -0.39 is 10.0 Å². The van der Waals surface area contributed by atoms with E-state index >= 15 is 0 Å². The minimum atomic E-state index is -3.50. The molecular formula is C15H26N2O3S. The van der Waals surface area contributed by atoms with E-state index in [0.717, 1.165) is 12.8 Å². The first-order valence-electron chi connectivity index (χ1n) is 7.38. The predicted octanol–water partition coefficient (Wildman–Crippen LogP) is 2.20. The number of aliphatic hydroxyl groups excluding tert-OH is 1. The average molecular weight is 314 g/mol. The minimum absolute atomic E-state index is 0.0785. The topological polar surface area (TPSA) is 78.4 Å². The Bertz CT molecular complexity index is 531. The van der Waals surface area contributed by atoms with E-state index in [0.29, 0.717) is 18.8 Å². The molecule has 1 aromatic rings. The number of hydrogen-bond acceptors (Lipinski definition) is 4. The van der Waals surface area contributed by atoms with Gasteiger partial charge in [0.25, 0.3) is 0 Å². The van der Waals surface area contributed by atoms with Crippen molar-refractivity contribution in [2.24, 2.45) is 5.41 Å². The van der Waals surface area contributed by atoms with Crippen molar-refractivity contribution in [3.8, 4) is 0 Å². The smallest absolute Gasteiger partial charge is 0.242 e. The van der Waals surface area contributed by atoms with E-state index in [-0.39, 0.29) is 16.9 Å². The fourth-order valence-electron chi connectivity index (χ4n) is 2.18. The largest absolute Gasteiger partial charge is 0.396 e. The van der Waals surface area contributed by atoms with Crippen LogP contribution in [-0.2, 0) is 10.0 Å². The molecule has 0 aliphatic carbocycles. The Morgan fingerprint density at radius 3 is 2.29 bits per heavy atom. The van der Waals surface area contributed by atoms with Gasteiger partial charge >= 0.3 is 0 Å². The van der Waals surface area contributed by atoms with Gasteiger partial charge in [-0.2, -0.15) is 0 Å². The highest BCUT2D eigenvalue weighted by molar-refractivity contribution is 7.89. The maximum atomic E-state index is 12.2. The van der Waals surface area contributed by atoms with Crippen molar-refractivity contribution in [3.05, 3.63) is 24.3 Å². The zero-order chi connectivity index (χ0) is 15.9. The quantitative estimate of drug-likeness (QED) is 0.653. The van der Waals surface area contributed by atoms with Crippen LogP contribution in [0.25, 0.3) is 0 Å². The van der Waals surface area contributed by atoms with Gasteiger partial charge in [0.15, 0.2) is 0 Å². The molecule has 0 saturated carbocycles. The predicted molar refractivity (Wildman–Crippen MR) is 85.9 cm³/mol. The van der Waals surface area contributed by atoms with Crippen LogP contribution in [0.3, 0.4) is 0 Å². The average Bonchev–Trinajstić information content (AvgIpc) is 2.49. The molecule has 3 N–H and O–H groups in total. The van der Waals surface area contributed by atoms with Crippen LogP contribution in [0.2, 0.25) is 0 Å². The molecular weight excluding hydrogens is 288 g/mol. The van der Waals surface area contributed by atoms with Gasteiger partial charge in [-0.15, -0.1) is 0 Å². The molecule has 1 aromatic carbocycles. The van der Waals surface area contributed by atoms with Crippen molar-refractivity contribution >= 4 is 15.7 Å². The Hall–Kier alpha value is -1.11. The Balaban J connectivity index is 3.00. The molecule has 0 aromatic heterocycles. The summed E-state index contributed by atoms with van der Waals surface area (Å²) in [6.45, 7) is 6.77. The van der Waals surface area contributed by atoms with Gasteiger partial charge in [0.05, 0.1) is 12.3 Å². The first kappa shape index (κ1) is 17.9. The van der Waals surface area contributed by atoms with Crippen LogP contribution in [0.5, 0.6) is 0 Å². The van der Waals surface area contributed by atoms with Crippen LogP contribution in [0.4, 0.5) is 5.69 Å². The fraction of sp³-hybridized carbons (Fsp3) is 0.600. The van der Waals surface area contributed by atoms with E-state index in [9.17, 15) is 13.5 Å². The van der Waals surface area contributed by atoms with E-state index in [1.54, 1.807) is 31.2 Å². The number of benzene rings is 1. The molecule has 0 aliphatic heterocycles. The number of nitrogens with one attached hydrogen (secondary N) is 2. The first-order valence-corrected chi connectivity index (χ1v) is 8.86. The maximum Gasteiger partial charge on any atom is 0.242 e. The highest BCUT2D eigenvalue weighted by Crippen LogP contribution is 2.28. The van der Waals surface area contributed by atoms with Crippen molar-refractivity contribution in [2.75, 3.05) is 25.0 Å². The first-order chi connectivity index (χ1) is 9.94. The summed E-state index contributed by atoms with van der Waals surface area (Å²) in [5, 5.41) is 12.8. The normalized spacial score (nSPS) is 12.4. The van der Waals surface area contributed by atoms with Crippen LogP contribution < -0.4 is 10.0 Å². The summed E-state index contributed by atoms with van der Waals surface area (Å²) < 4.78 is 26.9. The third kappa shape index (κ3) is 4.43. The molecule has 5 nitrogen and oxygen atoms in total. The lowest BCUT2D eigenvalue weighted by atomic mass is 9.83. The zero-order valence-corrected chi connectivity index (χ0v) is 13.8. The number of aliphatic hydroxyl groups is 1. The third-order valence-corrected chi connectivity index (χ3v) is 5.60. The second-order valence-corrected chi connectivity index (χ2v) is 6.95. The molecule has 0 bridgehead atoms. The molecule has 0 radical (unpaired) electrons. The number of sulfonamides is 1. The van der Waals surface area contributed by atoms with Crippen molar-refractivity contribution in [3.63, 3.8) is 0 Å². The Labute approximate surface area is 127 Å². The van der Waals surface area contributed by atoms with E-state index in [1.165, 1.54) is 0 Å². The minimum Gasteiger partial charge on any atom is -0.396 e. The van der Waals surface area contributed by atoms with Crippen LogP contribution in [-0.4, -0.2) is 33.2 Å². The van der Waals surface area contributed by atoms with E-state index in [4.69, 9.17) is 0 Å². The van der Waals surface area contributed by atoms with Crippen molar-refractivity contribution in [1.82, 2.24) is 4.72 Å². The summed E-state index contributed by atoms with van der Waals surface area (Å²) in [6, 6.07) is 6.83. The van der Waals surface area contributed by atoms with Gasteiger partial charge in [-0.1, -0.05) is 32.9 Å². The molecule has 1 rings (SSSR count). The molecule has 0 aliphatic rings. The van der Waals surface area contributed by atoms with Crippen LogP contribution in [0, 0.1) is 5.41 Å². The molecule has 21 heavy (non-hydrogen) atoms. The fourth-order valence-corrected chi connectivity index (χ4v) is 3.40. The van der Waals surface area contributed by atoms with Crippen LogP contribution in [0.1, 0.15) is 33.6 Å². The summed E-state index contributed by atoms with van der Waals surface area (Å²) in [5.41, 5.74) is 0.341. The summed E-state index contributed by atoms with van der Waals surface area (Å²) in [6.07, 6.45) is 1.66. The monoisotopic (exact) mass is 314 g/mol. The Kier molecular flexibility index (Phi) is 6.64. The third-order valence-electron chi connectivity index (χ3n) is 4.00. The molecule has 0 atom stereocenters. The van der Waals surface area contributed by atoms with Gasteiger partial charge in [-0.3, -0.25) is 0 Å². The molecule has 0 unspecified atom stereocenters. The lowest BCUT2D eigenvalue weighted by molar-refractivity contribution is 0.127. The molecule has 120 valence electrons. The lowest BCUT2D eigenvalue weighted by Gasteiger charge is -2.30. The number of hydrogen-bond donors (Lipinski definition) is 3. The van der Waals surface area contributed by atoms with Gasteiger partial charge in [0.2, 0.25) is 10.0 Å². The van der Waals surface area contributed by atoms with Gasteiger partial charge in [-0.25, -0.2) is 13.1 Å². The molecule has 0 amide bonds. The SMILES string of the molecule is CCNS(=O)(=O)c1ccccc1NCC(CC)(CC)CO. The summed E-state index contributed by atoms with van der Waals surface area (Å²) >= 11 is 0. The zero-order valence-electron chi connectivity index (χ0n) is 13.0. The van der Waals surface area contributed by atoms with Crippen molar-refractivity contribution < 1.29 is 13.5 Å². The Morgan fingerprint density at radius 2 is 1.76 bits per heavy atom. The number of anilines is 1. The number of para-hydroxylation sites is 1. The van der Waals surface area contributed by atoms with E-state index in [2.05, 4.69) is 10.0 Å². The van der Waals surface area contributed by atoms with Crippen molar-refractivity contribution in [2.45, 2.75) is 38.5 Å². The standard InChI is InChI=1S/C15H26N2O3S/c1-4-15(5-2,12-18)11-16-13-9-7-8-10-14(13)21(19,20)17-6-3/h7-10,16-18H,4-6,11-12H2,1-3H3. The van der Waals surface area contributed by atoms with Gasteiger partial charge in [-0.05, 0) is 25.0 Å². The number of rotatable bonds is 9. The van der Waals surface area contributed by atoms with E-state index in [1.807, 2.05) is 13.8 Å². The molecule has 0 heterocycles. The van der Waals surface area contributed by atoms with Gasteiger partial charge < -0.3 is 10.4 Å². The van der Waals surface area contributed by atoms with Crippen molar-refractivity contribution in [1.29, 1.82) is 0 Å². The second kappa shape index (κ2) is 7.77. The lowest BCUT2D eigenvalue weighted by Crippen LogP contribution is -2.33. The molecule has 0 fully saturated rings. The van der Waals surface area contributed by atoms with Crippen LogP contribution >= 0.6 is 0 Å². The molecule has 0 spiro atoms. The van der Waals surface area contributed by atoms with Gasteiger partial charge in [0.1, 0.15) is 4.90 Å². The highest BCUT2D eigenvalue weighted by Gasteiger charge is 2.26.